The lowest BCUT2D eigenvalue weighted by molar-refractivity contribution is -0.0426. The molecule has 2 heterocycles. The van der Waals surface area contributed by atoms with Gasteiger partial charge in [0.15, 0.2) is 0 Å². The third kappa shape index (κ3) is 5.83. The van der Waals surface area contributed by atoms with Gasteiger partial charge in [0.25, 0.3) is 0 Å². The maximum absolute atomic E-state index is 10.0. The fourth-order valence-electron chi connectivity index (χ4n) is 4.08. The molecule has 0 saturated heterocycles. The molecular weight excluding hydrogens is 442 g/mol. The van der Waals surface area contributed by atoms with Crippen molar-refractivity contribution in [2.75, 3.05) is 32.1 Å². The van der Waals surface area contributed by atoms with Crippen molar-refractivity contribution < 1.29 is 14.2 Å². The highest BCUT2D eigenvalue weighted by Crippen LogP contribution is 2.35. The van der Waals surface area contributed by atoms with E-state index in [0.717, 1.165) is 53.1 Å². The Hall–Kier alpha value is -3.80. The summed E-state index contributed by atoms with van der Waals surface area (Å²) in [6.07, 6.45) is 6.42. The molecule has 0 bridgehead atoms. The lowest BCUT2D eigenvalue weighted by atomic mass is 10.1. The van der Waals surface area contributed by atoms with E-state index < -0.39 is 0 Å². The maximum atomic E-state index is 10.0. The molecule has 0 fully saturated rings. The molecule has 1 N–H and O–H groups in total. The molecule has 2 aromatic heterocycles. The Morgan fingerprint density at radius 3 is 2.66 bits per heavy atom. The van der Waals surface area contributed by atoms with Gasteiger partial charge in [-0.15, -0.1) is 0 Å². The third-order valence-electron chi connectivity index (χ3n) is 5.76. The molecule has 0 radical (unpaired) electrons. The number of benzene rings is 2. The van der Waals surface area contributed by atoms with E-state index in [1.54, 1.807) is 6.20 Å². The monoisotopic (exact) mass is 473 g/mol. The molecule has 0 amide bonds. The van der Waals surface area contributed by atoms with Gasteiger partial charge in [-0.1, -0.05) is 12.1 Å². The van der Waals surface area contributed by atoms with E-state index in [2.05, 4.69) is 27.9 Å². The number of hydrogen-bond acceptors (Lipinski definition) is 6. The van der Waals surface area contributed by atoms with Crippen molar-refractivity contribution in [3.05, 3.63) is 66.7 Å². The number of aryl methyl sites for hydroxylation is 2. The molecule has 0 unspecified atom stereocenters. The van der Waals surface area contributed by atoms with Crippen molar-refractivity contribution in [3.8, 4) is 23.1 Å². The number of nitriles is 1. The number of imidazole rings is 1. The van der Waals surface area contributed by atoms with Crippen LogP contribution in [0.2, 0.25) is 0 Å². The van der Waals surface area contributed by atoms with Crippen LogP contribution in [-0.4, -0.2) is 40.9 Å². The minimum absolute atomic E-state index is 0.264. The van der Waals surface area contributed by atoms with E-state index in [1.807, 2.05) is 66.5 Å². The fourth-order valence-corrected chi connectivity index (χ4v) is 4.08. The lowest BCUT2D eigenvalue weighted by Crippen LogP contribution is -2.08. The summed E-state index contributed by atoms with van der Waals surface area (Å²) in [5, 5.41) is 14.2. The predicted molar refractivity (Wildman–Crippen MR) is 136 cm³/mol. The number of rotatable bonds is 13. The molecule has 0 aliphatic carbocycles. The van der Waals surface area contributed by atoms with Crippen LogP contribution in [0.15, 0.2) is 61.2 Å². The molecule has 8 heteroatoms. The molecule has 35 heavy (non-hydrogen) atoms. The van der Waals surface area contributed by atoms with Gasteiger partial charge in [-0.05, 0) is 50.1 Å². The number of aromatic nitrogens is 3. The van der Waals surface area contributed by atoms with Crippen LogP contribution in [0.25, 0.3) is 22.2 Å². The molecule has 0 aliphatic rings. The van der Waals surface area contributed by atoms with Crippen molar-refractivity contribution >= 4 is 16.6 Å². The van der Waals surface area contributed by atoms with Gasteiger partial charge in [-0.2, -0.15) is 5.26 Å². The minimum Gasteiger partial charge on any atom is -0.493 e. The second-order valence-corrected chi connectivity index (χ2v) is 7.97. The molecule has 0 spiro atoms. The second kappa shape index (κ2) is 12.1. The van der Waals surface area contributed by atoms with Crippen LogP contribution in [0.1, 0.15) is 25.8 Å². The normalized spacial score (nSPS) is 11.0. The van der Waals surface area contributed by atoms with Gasteiger partial charge >= 0.3 is 0 Å². The van der Waals surface area contributed by atoms with Crippen molar-refractivity contribution in [2.24, 2.45) is 0 Å². The Morgan fingerprint density at radius 2 is 1.94 bits per heavy atom. The Morgan fingerprint density at radius 1 is 1.09 bits per heavy atom. The van der Waals surface area contributed by atoms with Crippen LogP contribution in [0.3, 0.4) is 0 Å². The molecule has 2 aromatic carbocycles. The molecule has 0 atom stereocenters. The third-order valence-corrected chi connectivity index (χ3v) is 5.76. The quantitative estimate of drug-likeness (QED) is 0.211. The van der Waals surface area contributed by atoms with E-state index >= 15 is 0 Å². The highest BCUT2D eigenvalue weighted by atomic mass is 16.7. The Kier molecular flexibility index (Phi) is 8.39. The van der Waals surface area contributed by atoms with Crippen molar-refractivity contribution in [2.45, 2.75) is 33.4 Å². The van der Waals surface area contributed by atoms with Crippen LogP contribution in [0.5, 0.6) is 5.75 Å². The van der Waals surface area contributed by atoms with Crippen LogP contribution >= 0.6 is 0 Å². The summed E-state index contributed by atoms with van der Waals surface area (Å²) < 4.78 is 20.8. The number of ether oxygens (including phenoxy) is 3. The first-order chi connectivity index (χ1) is 17.2. The zero-order valence-electron chi connectivity index (χ0n) is 20.2. The van der Waals surface area contributed by atoms with Crippen LogP contribution in [0.4, 0.5) is 5.69 Å². The highest BCUT2D eigenvalue weighted by Gasteiger charge is 2.18. The fraction of sp³-hybridized carbons (Fsp3) is 0.333. The average molecular weight is 474 g/mol. The van der Waals surface area contributed by atoms with Gasteiger partial charge in [0, 0.05) is 49.2 Å². The van der Waals surface area contributed by atoms with E-state index in [-0.39, 0.29) is 6.79 Å². The summed E-state index contributed by atoms with van der Waals surface area (Å²) >= 11 is 0. The summed E-state index contributed by atoms with van der Waals surface area (Å²) in [5.74, 6) is 0.804. The van der Waals surface area contributed by atoms with Gasteiger partial charge in [0.05, 0.1) is 29.7 Å². The molecule has 0 saturated carbocycles. The second-order valence-electron chi connectivity index (χ2n) is 7.97. The average Bonchev–Trinajstić information content (AvgIpc) is 3.52. The van der Waals surface area contributed by atoms with Crippen LogP contribution in [-0.2, 0) is 22.6 Å². The summed E-state index contributed by atoms with van der Waals surface area (Å²) in [7, 11) is 0. The number of anilines is 1. The van der Waals surface area contributed by atoms with E-state index in [0.29, 0.717) is 25.5 Å². The molecule has 4 aromatic rings. The summed E-state index contributed by atoms with van der Waals surface area (Å²) in [5.41, 5.74) is 4.52. The number of fused-ring (bicyclic) bond motifs is 1. The van der Waals surface area contributed by atoms with Crippen LogP contribution in [0, 0.1) is 11.3 Å². The van der Waals surface area contributed by atoms with E-state index in [9.17, 15) is 5.26 Å². The molecule has 182 valence electrons. The van der Waals surface area contributed by atoms with Crippen molar-refractivity contribution in [1.82, 2.24) is 14.1 Å². The Bertz CT molecular complexity index is 1260. The Balaban J connectivity index is 1.50. The molecule has 0 aliphatic heterocycles. The van der Waals surface area contributed by atoms with E-state index in [4.69, 9.17) is 14.2 Å². The van der Waals surface area contributed by atoms with Gasteiger partial charge < -0.3 is 28.7 Å². The van der Waals surface area contributed by atoms with Gasteiger partial charge in [-0.25, -0.2) is 4.98 Å². The topological polar surface area (TPSA) is 86.3 Å². The predicted octanol–water partition coefficient (Wildman–Crippen LogP) is 5.25. The molecule has 4 rings (SSSR count). The van der Waals surface area contributed by atoms with Crippen molar-refractivity contribution in [1.29, 1.82) is 5.26 Å². The minimum atomic E-state index is 0.264. The zero-order chi connectivity index (χ0) is 24.5. The first-order valence-corrected chi connectivity index (χ1v) is 11.9. The summed E-state index contributed by atoms with van der Waals surface area (Å²) in [6, 6.07) is 16.4. The maximum Gasteiger partial charge on any atom is 0.149 e. The molecule has 8 nitrogen and oxygen atoms in total. The lowest BCUT2D eigenvalue weighted by Gasteiger charge is -2.11. The first-order valence-electron chi connectivity index (χ1n) is 11.9. The van der Waals surface area contributed by atoms with Crippen LogP contribution < -0.4 is 10.1 Å². The largest absolute Gasteiger partial charge is 0.493 e. The number of nitrogens with zero attached hydrogens (tertiary/aromatic N) is 4. The van der Waals surface area contributed by atoms with E-state index in [1.165, 1.54) is 0 Å². The summed E-state index contributed by atoms with van der Waals surface area (Å²) in [4.78, 5) is 4.06. The standard InChI is InChI=1S/C27H31N5O3/c1-3-32-26-16-23(35-15-5-13-31-14-12-29-18-31)10-11-24(26)25(17-28)27(32)21-6-8-22(9-7-21)30-19-34-20-33-4-2/h6-12,14,16,18,30H,3-5,13,15,19-20H2,1-2H3. The van der Waals surface area contributed by atoms with Gasteiger partial charge in [-0.3, -0.25) is 0 Å². The number of nitrogens with one attached hydrogen (secondary N) is 1. The van der Waals surface area contributed by atoms with Gasteiger partial charge in [0.1, 0.15) is 25.3 Å². The van der Waals surface area contributed by atoms with Gasteiger partial charge in [0.2, 0.25) is 0 Å². The first kappa shape index (κ1) is 24.3. The van der Waals surface area contributed by atoms with Crippen molar-refractivity contribution in [3.63, 3.8) is 0 Å². The SMILES string of the molecule is CCOCOCNc1ccc(-c2c(C#N)c3ccc(OCCCn4ccnc4)cc3n2CC)cc1. The highest BCUT2D eigenvalue weighted by molar-refractivity contribution is 5.95. The molecular formula is C27H31N5O3. The Labute approximate surface area is 205 Å². The number of hydrogen-bond donors (Lipinski definition) is 1. The zero-order valence-corrected chi connectivity index (χ0v) is 20.2. The smallest absolute Gasteiger partial charge is 0.149 e. The summed E-state index contributed by atoms with van der Waals surface area (Å²) in [6.45, 7) is 7.48.